The van der Waals surface area contributed by atoms with Crippen LogP contribution in [-0.4, -0.2) is 27.5 Å². The molecule has 2 heterocycles. The van der Waals surface area contributed by atoms with Crippen molar-refractivity contribution in [1.82, 2.24) is 15.1 Å². The average molecular weight is 394 g/mol. The normalized spacial score (nSPS) is 10.5. The van der Waals surface area contributed by atoms with Gasteiger partial charge in [0.25, 0.3) is 0 Å². The zero-order valence-corrected chi connectivity index (χ0v) is 16.5. The Morgan fingerprint density at radius 3 is 2.82 bits per heavy atom. The van der Waals surface area contributed by atoms with Gasteiger partial charge in [0.2, 0.25) is 11.7 Å². The first kappa shape index (κ1) is 19.6. The summed E-state index contributed by atoms with van der Waals surface area (Å²) in [5.74, 6) is 1.77. The number of aryl methyl sites for hydroxylation is 1. The van der Waals surface area contributed by atoms with Crippen molar-refractivity contribution in [1.29, 1.82) is 5.26 Å². The van der Waals surface area contributed by atoms with E-state index in [1.54, 1.807) is 13.0 Å². The number of nitrogens with zero attached hydrogens (tertiary/aromatic N) is 4. The molecular weight excluding hydrogens is 376 g/mol. The van der Waals surface area contributed by atoms with Gasteiger partial charge in [0, 0.05) is 11.3 Å². The molecule has 8 heteroatoms. The highest BCUT2D eigenvalue weighted by atomic mass is 32.2. The first-order chi connectivity index (χ1) is 13.5. The van der Waals surface area contributed by atoms with E-state index in [2.05, 4.69) is 21.2 Å². The van der Waals surface area contributed by atoms with E-state index in [4.69, 9.17) is 9.26 Å². The Balaban J connectivity index is 1.80. The number of benzene rings is 1. The summed E-state index contributed by atoms with van der Waals surface area (Å²) >= 11 is 1.31. The van der Waals surface area contributed by atoms with Crippen molar-refractivity contribution in [3.63, 3.8) is 0 Å². The van der Waals surface area contributed by atoms with Gasteiger partial charge in [-0.15, -0.1) is 0 Å². The van der Waals surface area contributed by atoms with E-state index in [1.807, 2.05) is 31.2 Å². The van der Waals surface area contributed by atoms with Crippen molar-refractivity contribution in [2.45, 2.75) is 31.6 Å². The first-order valence-corrected chi connectivity index (χ1v) is 9.62. The molecule has 3 aromatic rings. The van der Waals surface area contributed by atoms with Gasteiger partial charge in [-0.05, 0) is 39.0 Å². The largest absolute Gasteiger partial charge is 0.493 e. The lowest BCUT2D eigenvalue weighted by atomic mass is 10.1. The fourth-order valence-corrected chi connectivity index (χ4v) is 3.45. The topological polar surface area (TPSA) is 102 Å². The smallest absolute Gasteiger partial charge is 0.237 e. The molecule has 1 aromatic carbocycles. The highest BCUT2D eigenvalue weighted by molar-refractivity contribution is 7.98. The number of rotatable bonds is 7. The first-order valence-electron chi connectivity index (χ1n) is 8.63. The van der Waals surface area contributed by atoms with E-state index in [0.717, 1.165) is 5.56 Å². The van der Waals surface area contributed by atoms with Crippen molar-refractivity contribution in [2.75, 3.05) is 6.61 Å². The molecule has 142 valence electrons. The number of pyridine rings is 1. The molecule has 2 aromatic heterocycles. The minimum Gasteiger partial charge on any atom is -0.493 e. The van der Waals surface area contributed by atoms with Gasteiger partial charge in [-0.2, -0.15) is 10.2 Å². The molecule has 0 saturated carbocycles. The van der Waals surface area contributed by atoms with E-state index in [0.29, 0.717) is 51.7 Å². The molecule has 0 spiro atoms. The molecule has 28 heavy (non-hydrogen) atoms. The third-order valence-corrected chi connectivity index (χ3v) is 4.88. The van der Waals surface area contributed by atoms with Crippen LogP contribution in [0.15, 0.2) is 39.9 Å². The predicted molar refractivity (Wildman–Crippen MR) is 104 cm³/mol. The molecule has 0 amide bonds. The number of thioether (sulfide) groups is 1. The van der Waals surface area contributed by atoms with E-state index < -0.39 is 0 Å². The lowest BCUT2D eigenvalue weighted by Crippen LogP contribution is -2.02. The van der Waals surface area contributed by atoms with Crippen LogP contribution in [0.25, 0.3) is 11.4 Å². The van der Waals surface area contributed by atoms with Crippen LogP contribution in [0.1, 0.15) is 41.4 Å². The number of hydrogen-bond donors (Lipinski definition) is 0. The maximum atomic E-state index is 11.6. The standard InChI is InChI=1S/C20H18N4O3S/c1-4-26-17-8-6-5-7-15(17)19-23-18(27-24-19)11-28-20-14(10-21)9-16(13(3)25)12(2)22-20/h5-9H,4,11H2,1-3H3. The van der Waals surface area contributed by atoms with E-state index in [9.17, 15) is 10.1 Å². The molecule has 0 radical (unpaired) electrons. The summed E-state index contributed by atoms with van der Waals surface area (Å²) in [5.41, 5.74) is 2.14. The monoisotopic (exact) mass is 394 g/mol. The summed E-state index contributed by atoms with van der Waals surface area (Å²) in [6.07, 6.45) is 0. The number of carbonyl (C=O) groups excluding carboxylic acids is 1. The lowest BCUT2D eigenvalue weighted by molar-refractivity contribution is 0.101. The van der Waals surface area contributed by atoms with Crippen molar-refractivity contribution in [3.05, 3.63) is 53.0 Å². The van der Waals surface area contributed by atoms with E-state index in [-0.39, 0.29) is 5.78 Å². The number of hydrogen-bond acceptors (Lipinski definition) is 8. The van der Waals surface area contributed by atoms with E-state index in [1.165, 1.54) is 18.7 Å². The second-order valence-corrected chi connectivity index (χ2v) is 6.84. The number of carbonyl (C=O) groups is 1. The Morgan fingerprint density at radius 1 is 1.32 bits per heavy atom. The third-order valence-electron chi connectivity index (χ3n) is 3.91. The Hall–Kier alpha value is -3.18. The maximum Gasteiger partial charge on any atom is 0.237 e. The minimum absolute atomic E-state index is 0.118. The maximum absolute atomic E-state index is 11.6. The average Bonchev–Trinajstić information content (AvgIpc) is 3.15. The van der Waals surface area contributed by atoms with Gasteiger partial charge in [-0.1, -0.05) is 29.1 Å². The van der Waals surface area contributed by atoms with Gasteiger partial charge in [-0.25, -0.2) is 4.98 Å². The van der Waals surface area contributed by atoms with Crippen LogP contribution in [0.3, 0.4) is 0 Å². The number of ketones is 1. The fraction of sp³-hybridized carbons (Fsp3) is 0.250. The molecule has 0 aliphatic carbocycles. The van der Waals surface area contributed by atoms with Gasteiger partial charge in [-0.3, -0.25) is 4.79 Å². The van der Waals surface area contributed by atoms with Crippen LogP contribution in [0.4, 0.5) is 0 Å². The zero-order chi connectivity index (χ0) is 20.1. The van der Waals surface area contributed by atoms with Crippen molar-refractivity contribution in [3.8, 4) is 23.2 Å². The number of para-hydroxylation sites is 1. The third kappa shape index (κ3) is 4.21. The summed E-state index contributed by atoms with van der Waals surface area (Å²) in [5, 5.41) is 13.9. The molecule has 0 fully saturated rings. The van der Waals surface area contributed by atoms with Crippen molar-refractivity contribution < 1.29 is 14.1 Å². The Morgan fingerprint density at radius 2 is 2.11 bits per heavy atom. The molecule has 0 N–H and O–H groups in total. The summed E-state index contributed by atoms with van der Waals surface area (Å²) in [7, 11) is 0. The SMILES string of the molecule is CCOc1ccccc1-c1noc(CSc2nc(C)c(C(C)=O)cc2C#N)n1. The van der Waals surface area contributed by atoms with Crippen molar-refractivity contribution in [2.24, 2.45) is 0 Å². The molecule has 7 nitrogen and oxygen atoms in total. The van der Waals surface area contributed by atoms with Crippen LogP contribution in [0.2, 0.25) is 0 Å². The van der Waals surface area contributed by atoms with Crippen LogP contribution in [0, 0.1) is 18.3 Å². The highest BCUT2D eigenvalue weighted by Crippen LogP contribution is 2.30. The zero-order valence-electron chi connectivity index (χ0n) is 15.7. The summed E-state index contributed by atoms with van der Waals surface area (Å²) < 4.78 is 10.9. The quantitative estimate of drug-likeness (QED) is 0.434. The molecule has 0 aliphatic rings. The van der Waals surface area contributed by atoms with Gasteiger partial charge in [0.15, 0.2) is 5.78 Å². The summed E-state index contributed by atoms with van der Waals surface area (Å²) in [4.78, 5) is 20.4. The van der Waals surface area contributed by atoms with Crippen LogP contribution < -0.4 is 4.74 Å². The van der Waals surface area contributed by atoms with Crippen LogP contribution >= 0.6 is 11.8 Å². The minimum atomic E-state index is -0.118. The fourth-order valence-electron chi connectivity index (χ4n) is 2.62. The lowest BCUT2D eigenvalue weighted by Gasteiger charge is -2.06. The summed E-state index contributed by atoms with van der Waals surface area (Å²) in [6.45, 7) is 5.65. The van der Waals surface area contributed by atoms with Gasteiger partial charge in [0.1, 0.15) is 16.8 Å². The van der Waals surface area contributed by atoms with Gasteiger partial charge >= 0.3 is 0 Å². The Labute approximate surface area is 166 Å². The van der Waals surface area contributed by atoms with Gasteiger partial charge in [0.05, 0.1) is 23.5 Å². The molecule has 0 saturated heterocycles. The predicted octanol–water partition coefficient (Wildman–Crippen LogP) is 4.21. The van der Waals surface area contributed by atoms with Crippen LogP contribution in [-0.2, 0) is 5.75 Å². The second-order valence-electron chi connectivity index (χ2n) is 5.87. The van der Waals surface area contributed by atoms with Crippen molar-refractivity contribution >= 4 is 17.5 Å². The molecule has 0 aliphatic heterocycles. The summed E-state index contributed by atoms with van der Waals surface area (Å²) in [6, 6.07) is 11.1. The van der Waals surface area contributed by atoms with Gasteiger partial charge < -0.3 is 9.26 Å². The van der Waals surface area contributed by atoms with Crippen LogP contribution in [0.5, 0.6) is 5.75 Å². The number of Topliss-reactive ketones (excluding diaryl/α,β-unsaturated/α-hetero) is 1. The molecular formula is C20H18N4O3S. The number of aromatic nitrogens is 3. The second kappa shape index (κ2) is 8.67. The molecule has 0 bridgehead atoms. The van der Waals surface area contributed by atoms with E-state index >= 15 is 0 Å². The Kier molecular flexibility index (Phi) is 6.06. The molecule has 0 unspecified atom stereocenters. The number of nitriles is 1. The Bertz CT molecular complexity index is 1060. The number of ether oxygens (including phenoxy) is 1. The highest BCUT2D eigenvalue weighted by Gasteiger charge is 2.16. The molecule has 0 atom stereocenters. The molecule has 3 rings (SSSR count).